The standard InChI is InChI=1S/C21H17Br2NO2/c1-26-20-12-10-19(11-13-20)24(14-15-2-6-17(22)7-3-15)21(25)16-4-8-18(23)9-5-16/h2-13H,14H2,1H3. The molecule has 26 heavy (non-hydrogen) atoms. The monoisotopic (exact) mass is 473 g/mol. The Kier molecular flexibility index (Phi) is 6.12. The molecular weight excluding hydrogens is 458 g/mol. The van der Waals surface area contributed by atoms with Crippen LogP contribution >= 0.6 is 31.9 Å². The van der Waals surface area contributed by atoms with Crippen LogP contribution in [0.1, 0.15) is 15.9 Å². The van der Waals surface area contributed by atoms with E-state index in [2.05, 4.69) is 31.9 Å². The average molecular weight is 475 g/mol. The van der Waals surface area contributed by atoms with Crippen LogP contribution in [-0.4, -0.2) is 13.0 Å². The van der Waals surface area contributed by atoms with Gasteiger partial charge in [0.15, 0.2) is 0 Å². The van der Waals surface area contributed by atoms with Gasteiger partial charge in [0, 0.05) is 20.2 Å². The lowest BCUT2D eigenvalue weighted by Gasteiger charge is -2.23. The zero-order valence-electron chi connectivity index (χ0n) is 14.2. The lowest BCUT2D eigenvalue weighted by Crippen LogP contribution is -2.30. The molecule has 3 rings (SSSR count). The first kappa shape index (κ1) is 18.7. The Morgan fingerprint density at radius 3 is 1.92 bits per heavy atom. The minimum atomic E-state index is -0.0504. The average Bonchev–Trinajstić information content (AvgIpc) is 2.68. The Bertz CT molecular complexity index is 875. The first-order valence-electron chi connectivity index (χ1n) is 8.03. The van der Waals surface area contributed by atoms with E-state index in [-0.39, 0.29) is 5.91 Å². The Morgan fingerprint density at radius 1 is 0.846 bits per heavy atom. The molecule has 3 aromatic carbocycles. The molecule has 0 atom stereocenters. The highest BCUT2D eigenvalue weighted by Gasteiger charge is 2.18. The highest BCUT2D eigenvalue weighted by atomic mass is 79.9. The van der Waals surface area contributed by atoms with Gasteiger partial charge in [-0.05, 0) is 66.2 Å². The zero-order chi connectivity index (χ0) is 18.5. The third-order valence-electron chi connectivity index (χ3n) is 3.97. The van der Waals surface area contributed by atoms with Crippen molar-refractivity contribution in [1.29, 1.82) is 0 Å². The number of nitrogens with zero attached hydrogens (tertiary/aromatic N) is 1. The fourth-order valence-electron chi connectivity index (χ4n) is 2.56. The second-order valence-electron chi connectivity index (χ2n) is 5.72. The third kappa shape index (κ3) is 4.54. The normalized spacial score (nSPS) is 10.4. The minimum Gasteiger partial charge on any atom is -0.497 e. The maximum absolute atomic E-state index is 13.2. The number of hydrogen-bond donors (Lipinski definition) is 0. The molecule has 0 radical (unpaired) electrons. The summed E-state index contributed by atoms with van der Waals surface area (Å²) in [4.78, 5) is 14.9. The number of benzene rings is 3. The van der Waals surface area contributed by atoms with Gasteiger partial charge in [-0.25, -0.2) is 0 Å². The van der Waals surface area contributed by atoms with Crippen LogP contribution in [0.2, 0.25) is 0 Å². The molecule has 0 spiro atoms. The fourth-order valence-corrected chi connectivity index (χ4v) is 3.09. The second-order valence-corrected chi connectivity index (χ2v) is 7.55. The van der Waals surface area contributed by atoms with Gasteiger partial charge in [0.1, 0.15) is 5.75 Å². The Labute approximate surface area is 169 Å². The number of methoxy groups -OCH3 is 1. The maximum atomic E-state index is 13.2. The number of hydrogen-bond acceptors (Lipinski definition) is 2. The molecule has 0 aliphatic carbocycles. The van der Waals surface area contributed by atoms with Gasteiger partial charge in [-0.15, -0.1) is 0 Å². The van der Waals surface area contributed by atoms with Crippen molar-refractivity contribution >= 4 is 43.5 Å². The Hall–Kier alpha value is -2.11. The van der Waals surface area contributed by atoms with Crippen molar-refractivity contribution in [3.05, 3.63) is 92.9 Å². The smallest absolute Gasteiger partial charge is 0.258 e. The third-order valence-corrected chi connectivity index (χ3v) is 5.03. The van der Waals surface area contributed by atoms with Gasteiger partial charge in [-0.2, -0.15) is 0 Å². The summed E-state index contributed by atoms with van der Waals surface area (Å²) >= 11 is 6.86. The summed E-state index contributed by atoms with van der Waals surface area (Å²) in [6, 6.07) is 22.9. The maximum Gasteiger partial charge on any atom is 0.258 e. The van der Waals surface area contributed by atoms with Gasteiger partial charge >= 0.3 is 0 Å². The molecule has 0 fully saturated rings. The molecule has 3 nitrogen and oxygen atoms in total. The summed E-state index contributed by atoms with van der Waals surface area (Å²) in [6.45, 7) is 0.481. The molecule has 0 bridgehead atoms. The van der Waals surface area contributed by atoms with Crippen molar-refractivity contribution in [3.63, 3.8) is 0 Å². The van der Waals surface area contributed by atoms with Crippen LogP contribution in [0.5, 0.6) is 5.75 Å². The zero-order valence-corrected chi connectivity index (χ0v) is 17.3. The van der Waals surface area contributed by atoms with Crippen LogP contribution in [0, 0.1) is 0 Å². The number of carbonyl (C=O) groups excluding carboxylic acids is 1. The lowest BCUT2D eigenvalue weighted by molar-refractivity contribution is 0.0985. The number of halogens is 2. The topological polar surface area (TPSA) is 29.5 Å². The summed E-state index contributed by atoms with van der Waals surface area (Å²) < 4.78 is 7.18. The number of anilines is 1. The van der Waals surface area contributed by atoms with Crippen LogP contribution in [-0.2, 0) is 6.54 Å². The van der Waals surface area contributed by atoms with E-state index in [9.17, 15) is 4.79 Å². The van der Waals surface area contributed by atoms with Crippen LogP contribution in [0.3, 0.4) is 0 Å². The predicted octanol–water partition coefficient (Wildman–Crippen LogP) is 6.07. The van der Waals surface area contributed by atoms with Gasteiger partial charge < -0.3 is 9.64 Å². The van der Waals surface area contributed by atoms with Crippen LogP contribution in [0.25, 0.3) is 0 Å². The molecule has 5 heteroatoms. The van der Waals surface area contributed by atoms with E-state index < -0.39 is 0 Å². The summed E-state index contributed by atoms with van der Waals surface area (Å²) in [7, 11) is 1.63. The minimum absolute atomic E-state index is 0.0504. The van der Waals surface area contributed by atoms with Gasteiger partial charge in [0.2, 0.25) is 0 Å². The number of amides is 1. The fraction of sp³-hybridized carbons (Fsp3) is 0.0952. The van der Waals surface area contributed by atoms with E-state index >= 15 is 0 Å². The van der Waals surface area contributed by atoms with Crippen LogP contribution in [0.4, 0.5) is 5.69 Å². The molecule has 0 N–H and O–H groups in total. The first-order valence-corrected chi connectivity index (χ1v) is 9.61. The molecule has 0 aliphatic heterocycles. The van der Waals surface area contributed by atoms with Gasteiger partial charge in [0.25, 0.3) is 5.91 Å². The quantitative estimate of drug-likeness (QED) is 0.449. The predicted molar refractivity (Wildman–Crippen MR) is 112 cm³/mol. The lowest BCUT2D eigenvalue weighted by atomic mass is 10.1. The van der Waals surface area contributed by atoms with E-state index in [0.717, 1.165) is 25.9 Å². The highest BCUT2D eigenvalue weighted by molar-refractivity contribution is 9.10. The van der Waals surface area contributed by atoms with Gasteiger partial charge in [-0.1, -0.05) is 44.0 Å². The molecule has 0 saturated carbocycles. The van der Waals surface area contributed by atoms with Crippen molar-refractivity contribution in [3.8, 4) is 5.75 Å². The summed E-state index contributed by atoms with van der Waals surface area (Å²) in [6.07, 6.45) is 0. The first-order chi connectivity index (χ1) is 12.6. The van der Waals surface area contributed by atoms with Gasteiger partial charge in [0.05, 0.1) is 13.7 Å². The van der Waals surface area contributed by atoms with Crippen LogP contribution in [0.15, 0.2) is 81.7 Å². The molecule has 0 heterocycles. The SMILES string of the molecule is COc1ccc(N(Cc2ccc(Br)cc2)C(=O)c2ccc(Br)cc2)cc1. The van der Waals surface area contributed by atoms with Crippen molar-refractivity contribution in [2.45, 2.75) is 6.54 Å². The summed E-state index contributed by atoms with van der Waals surface area (Å²) in [5, 5.41) is 0. The van der Waals surface area contributed by atoms with Crippen molar-refractivity contribution in [2.24, 2.45) is 0 Å². The van der Waals surface area contributed by atoms with E-state index in [1.165, 1.54) is 0 Å². The number of rotatable bonds is 5. The van der Waals surface area contributed by atoms with Gasteiger partial charge in [-0.3, -0.25) is 4.79 Å². The summed E-state index contributed by atoms with van der Waals surface area (Å²) in [5.74, 6) is 0.707. The molecular formula is C21H17Br2NO2. The van der Waals surface area contributed by atoms with Crippen molar-refractivity contribution in [1.82, 2.24) is 0 Å². The van der Waals surface area contributed by atoms with E-state index in [1.54, 1.807) is 12.0 Å². The van der Waals surface area contributed by atoms with E-state index in [0.29, 0.717) is 12.1 Å². The number of ether oxygens (including phenoxy) is 1. The molecule has 0 aliphatic rings. The Balaban J connectivity index is 1.95. The molecule has 0 saturated heterocycles. The molecule has 3 aromatic rings. The van der Waals surface area contributed by atoms with Crippen LogP contribution < -0.4 is 9.64 Å². The molecule has 0 aromatic heterocycles. The summed E-state index contributed by atoms with van der Waals surface area (Å²) in [5.41, 5.74) is 2.51. The molecule has 0 unspecified atom stereocenters. The van der Waals surface area contributed by atoms with Crippen molar-refractivity contribution < 1.29 is 9.53 Å². The van der Waals surface area contributed by atoms with Crippen molar-refractivity contribution in [2.75, 3.05) is 12.0 Å². The second kappa shape index (κ2) is 8.52. The van der Waals surface area contributed by atoms with E-state index in [1.807, 2.05) is 72.8 Å². The molecule has 1 amide bonds. The number of carbonyl (C=O) groups is 1. The largest absolute Gasteiger partial charge is 0.497 e. The Morgan fingerprint density at radius 2 is 1.38 bits per heavy atom. The molecule has 132 valence electrons. The highest BCUT2D eigenvalue weighted by Crippen LogP contribution is 2.24. The van der Waals surface area contributed by atoms with E-state index in [4.69, 9.17) is 4.74 Å².